The fraction of sp³-hybridized carbons (Fsp3) is 0.333. The standard InChI is InChI=1S/C15H11Cl3F3N3O2/c16-9-5-8(15(19,20)21)6-10(17)13(9)24-14(25)12(18)11(7-22-24)23-1-3-26-4-2-23/h5-7H,1-4H2. The van der Waals surface area contributed by atoms with Gasteiger partial charge in [-0.2, -0.15) is 23.0 Å². The Kier molecular flexibility index (Phi) is 5.39. The number of ether oxygens (including phenoxy) is 1. The van der Waals surface area contributed by atoms with E-state index in [-0.39, 0.29) is 20.8 Å². The molecule has 5 nitrogen and oxygen atoms in total. The predicted octanol–water partition coefficient (Wildman–Crippen LogP) is 4.05. The van der Waals surface area contributed by atoms with Gasteiger partial charge in [0.1, 0.15) is 10.7 Å². The van der Waals surface area contributed by atoms with Gasteiger partial charge in [-0.3, -0.25) is 4.79 Å². The van der Waals surface area contributed by atoms with E-state index < -0.39 is 17.3 Å². The van der Waals surface area contributed by atoms with E-state index in [0.717, 1.165) is 4.68 Å². The van der Waals surface area contributed by atoms with Crippen molar-refractivity contribution < 1.29 is 17.9 Å². The second-order valence-electron chi connectivity index (χ2n) is 5.45. The highest BCUT2D eigenvalue weighted by molar-refractivity contribution is 6.38. The molecule has 1 aromatic carbocycles. The first kappa shape index (κ1) is 19.3. The summed E-state index contributed by atoms with van der Waals surface area (Å²) in [6.07, 6.45) is -3.28. The van der Waals surface area contributed by atoms with Crippen LogP contribution in [0.5, 0.6) is 0 Å². The molecule has 0 N–H and O–H groups in total. The van der Waals surface area contributed by atoms with Crippen molar-refractivity contribution in [3.05, 3.63) is 49.3 Å². The number of nitrogens with zero attached hydrogens (tertiary/aromatic N) is 3. The second kappa shape index (κ2) is 7.26. The van der Waals surface area contributed by atoms with Gasteiger partial charge >= 0.3 is 6.18 Å². The van der Waals surface area contributed by atoms with Crippen LogP contribution in [0.2, 0.25) is 15.1 Å². The smallest absolute Gasteiger partial charge is 0.378 e. The molecule has 2 aromatic rings. The van der Waals surface area contributed by atoms with Crippen LogP contribution < -0.4 is 10.5 Å². The molecule has 11 heteroatoms. The quantitative estimate of drug-likeness (QED) is 0.724. The maximum absolute atomic E-state index is 12.8. The molecule has 26 heavy (non-hydrogen) atoms. The lowest BCUT2D eigenvalue weighted by atomic mass is 10.2. The number of morpholine rings is 1. The van der Waals surface area contributed by atoms with E-state index in [2.05, 4.69) is 5.10 Å². The van der Waals surface area contributed by atoms with Gasteiger partial charge in [0.05, 0.1) is 40.7 Å². The molecule has 140 valence electrons. The van der Waals surface area contributed by atoms with Crippen LogP contribution in [0, 0.1) is 0 Å². The van der Waals surface area contributed by atoms with E-state index in [1.54, 1.807) is 0 Å². The van der Waals surface area contributed by atoms with E-state index in [9.17, 15) is 18.0 Å². The van der Waals surface area contributed by atoms with Crippen molar-refractivity contribution in [1.82, 2.24) is 9.78 Å². The van der Waals surface area contributed by atoms with Gasteiger partial charge in [0.15, 0.2) is 0 Å². The number of rotatable bonds is 2. The normalized spacial score (nSPS) is 15.4. The molecule has 0 aliphatic carbocycles. The highest BCUT2D eigenvalue weighted by atomic mass is 35.5. The topological polar surface area (TPSA) is 47.4 Å². The van der Waals surface area contributed by atoms with Crippen molar-refractivity contribution in [2.75, 3.05) is 31.2 Å². The Morgan fingerprint density at radius 2 is 1.65 bits per heavy atom. The monoisotopic (exact) mass is 427 g/mol. The van der Waals surface area contributed by atoms with Gasteiger partial charge < -0.3 is 9.64 Å². The molecule has 1 aliphatic rings. The minimum atomic E-state index is -4.62. The molecule has 1 fully saturated rings. The molecule has 1 saturated heterocycles. The lowest BCUT2D eigenvalue weighted by Gasteiger charge is -2.29. The van der Waals surface area contributed by atoms with Gasteiger partial charge in [-0.1, -0.05) is 34.8 Å². The third-order valence-electron chi connectivity index (χ3n) is 3.81. The van der Waals surface area contributed by atoms with Crippen LogP contribution in [0.15, 0.2) is 23.1 Å². The van der Waals surface area contributed by atoms with Crippen molar-refractivity contribution >= 4 is 40.5 Å². The Morgan fingerprint density at radius 3 is 2.19 bits per heavy atom. The van der Waals surface area contributed by atoms with E-state index in [1.165, 1.54) is 6.20 Å². The predicted molar refractivity (Wildman–Crippen MR) is 92.9 cm³/mol. The van der Waals surface area contributed by atoms with Gasteiger partial charge in [0.2, 0.25) is 0 Å². The van der Waals surface area contributed by atoms with Gasteiger partial charge in [-0.15, -0.1) is 0 Å². The summed E-state index contributed by atoms with van der Waals surface area (Å²) in [5, 5.41) is 3.12. The zero-order valence-electron chi connectivity index (χ0n) is 13.0. The molecular weight excluding hydrogens is 418 g/mol. The van der Waals surface area contributed by atoms with E-state index in [1.807, 2.05) is 4.90 Å². The van der Waals surface area contributed by atoms with Crippen LogP contribution in [-0.2, 0) is 10.9 Å². The third-order valence-corrected chi connectivity index (χ3v) is 4.74. The van der Waals surface area contributed by atoms with E-state index in [4.69, 9.17) is 39.5 Å². The van der Waals surface area contributed by atoms with Gasteiger partial charge in [-0.05, 0) is 12.1 Å². The summed E-state index contributed by atoms with van der Waals surface area (Å²) in [6.45, 7) is 2.03. The van der Waals surface area contributed by atoms with Crippen LogP contribution in [0.3, 0.4) is 0 Å². The van der Waals surface area contributed by atoms with Crippen molar-refractivity contribution in [3.63, 3.8) is 0 Å². The molecule has 0 radical (unpaired) electrons. The Bertz CT molecular complexity index is 873. The second-order valence-corrected chi connectivity index (χ2v) is 6.64. The van der Waals surface area contributed by atoms with Crippen molar-refractivity contribution in [2.45, 2.75) is 6.18 Å². The summed E-state index contributed by atoms with van der Waals surface area (Å²) >= 11 is 18.0. The highest BCUT2D eigenvalue weighted by Gasteiger charge is 2.32. The zero-order valence-corrected chi connectivity index (χ0v) is 15.3. The number of alkyl halides is 3. The lowest BCUT2D eigenvalue weighted by Crippen LogP contribution is -2.38. The number of benzene rings is 1. The molecule has 0 amide bonds. The Balaban J connectivity index is 2.08. The summed E-state index contributed by atoms with van der Waals surface area (Å²) in [5.74, 6) is 0. The maximum Gasteiger partial charge on any atom is 0.416 e. The fourth-order valence-corrected chi connectivity index (χ4v) is 3.44. The summed E-state index contributed by atoms with van der Waals surface area (Å²) in [6, 6.07) is 1.36. The first-order valence-electron chi connectivity index (χ1n) is 7.37. The maximum atomic E-state index is 12.8. The van der Waals surface area contributed by atoms with Gasteiger partial charge in [0.25, 0.3) is 5.56 Å². The minimum Gasteiger partial charge on any atom is -0.378 e. The average Bonchev–Trinajstić information content (AvgIpc) is 2.58. The van der Waals surface area contributed by atoms with Crippen LogP contribution in [0.4, 0.5) is 18.9 Å². The van der Waals surface area contributed by atoms with Crippen LogP contribution >= 0.6 is 34.8 Å². The molecule has 1 aliphatic heterocycles. The van der Waals surface area contributed by atoms with E-state index >= 15 is 0 Å². The third kappa shape index (κ3) is 3.64. The number of hydrogen-bond acceptors (Lipinski definition) is 4. The number of hydrogen-bond donors (Lipinski definition) is 0. The first-order valence-corrected chi connectivity index (χ1v) is 8.50. The fourth-order valence-electron chi connectivity index (χ4n) is 2.54. The molecule has 0 spiro atoms. The zero-order chi connectivity index (χ0) is 19.1. The Morgan fingerprint density at radius 1 is 1.08 bits per heavy atom. The summed E-state index contributed by atoms with van der Waals surface area (Å²) in [5.41, 5.74) is -1.52. The van der Waals surface area contributed by atoms with Crippen molar-refractivity contribution in [3.8, 4) is 5.69 Å². The SMILES string of the molecule is O=c1c(Cl)c(N2CCOCC2)cnn1-c1c(Cl)cc(C(F)(F)F)cc1Cl. The molecule has 0 unspecified atom stereocenters. The van der Waals surface area contributed by atoms with Crippen LogP contribution in [0.1, 0.15) is 5.56 Å². The molecule has 0 saturated carbocycles. The van der Waals surface area contributed by atoms with Crippen molar-refractivity contribution in [2.24, 2.45) is 0 Å². The molecule has 3 rings (SSSR count). The van der Waals surface area contributed by atoms with E-state index in [0.29, 0.717) is 44.1 Å². The van der Waals surface area contributed by atoms with Crippen molar-refractivity contribution in [1.29, 1.82) is 0 Å². The Labute approximate surface area is 160 Å². The minimum absolute atomic E-state index is 0.131. The Hall–Kier alpha value is -1.48. The molecule has 0 atom stereocenters. The summed E-state index contributed by atoms with van der Waals surface area (Å²) in [7, 11) is 0. The number of halogens is 6. The van der Waals surface area contributed by atoms with Crippen LogP contribution in [-0.4, -0.2) is 36.1 Å². The molecule has 0 bridgehead atoms. The summed E-state index contributed by atoms with van der Waals surface area (Å²) < 4.78 is 44.6. The summed E-state index contributed by atoms with van der Waals surface area (Å²) in [4.78, 5) is 14.4. The number of anilines is 1. The number of aromatic nitrogens is 2. The first-order chi connectivity index (χ1) is 12.2. The average molecular weight is 429 g/mol. The molecule has 1 aromatic heterocycles. The largest absolute Gasteiger partial charge is 0.416 e. The molecule has 2 heterocycles. The molecular formula is C15H11Cl3F3N3O2. The van der Waals surface area contributed by atoms with Gasteiger partial charge in [-0.25, -0.2) is 0 Å². The lowest BCUT2D eigenvalue weighted by molar-refractivity contribution is -0.137. The van der Waals surface area contributed by atoms with Gasteiger partial charge in [0, 0.05) is 13.1 Å². The highest BCUT2D eigenvalue weighted by Crippen LogP contribution is 2.37. The van der Waals surface area contributed by atoms with Crippen LogP contribution in [0.25, 0.3) is 5.69 Å².